The van der Waals surface area contributed by atoms with E-state index in [2.05, 4.69) is 25.2 Å². The monoisotopic (exact) mass is 468 g/mol. The first-order chi connectivity index (χ1) is 16.6. The number of nitrogens with one attached hydrogen (secondary N) is 3. The number of carbonyl (C=O) groups excluding carboxylic acids is 1. The molecule has 0 bridgehead atoms. The molecule has 3 aromatic rings. The van der Waals surface area contributed by atoms with Crippen molar-refractivity contribution in [1.82, 2.24) is 30.1 Å². The first kappa shape index (κ1) is 22.7. The Balaban J connectivity index is 1.01. The molecule has 3 N–H and O–H groups in total. The second-order valence-corrected chi connectivity index (χ2v) is 9.03. The number of carbonyl (C=O) groups is 1. The molecule has 1 aromatic carbocycles. The highest BCUT2D eigenvalue weighted by Crippen LogP contribution is 2.22. The van der Waals surface area contributed by atoms with E-state index in [1.807, 2.05) is 29.2 Å². The number of pyridine rings is 1. The zero-order chi connectivity index (χ0) is 23.3. The van der Waals surface area contributed by atoms with Crippen LogP contribution in [0.1, 0.15) is 25.7 Å². The predicted octanol–water partition coefficient (Wildman–Crippen LogP) is 2.07. The maximum Gasteiger partial charge on any atom is 0.325 e. The number of piperazine rings is 1. The number of urea groups is 1. The molecular formula is C24H32N6O4. The van der Waals surface area contributed by atoms with Gasteiger partial charge in [0.15, 0.2) is 5.65 Å². The third kappa shape index (κ3) is 5.51. The number of aromatic nitrogens is 3. The summed E-state index contributed by atoms with van der Waals surface area (Å²) < 4.78 is 11.7. The van der Waals surface area contributed by atoms with E-state index >= 15 is 0 Å². The second kappa shape index (κ2) is 10.4. The van der Waals surface area contributed by atoms with Crippen LogP contribution in [0.2, 0.25) is 0 Å². The van der Waals surface area contributed by atoms with E-state index in [0.717, 1.165) is 62.4 Å². The average molecular weight is 469 g/mol. The summed E-state index contributed by atoms with van der Waals surface area (Å²) >= 11 is 0. The molecule has 0 radical (unpaired) electrons. The lowest BCUT2D eigenvalue weighted by Gasteiger charge is -2.37. The first-order valence-corrected chi connectivity index (χ1v) is 12.2. The number of hydrogen-bond acceptors (Lipinski definition) is 6. The minimum absolute atomic E-state index is 0.00476. The topological polar surface area (TPSA) is 116 Å². The number of fused-ring (bicyclic) bond motifs is 2. The van der Waals surface area contributed by atoms with Gasteiger partial charge in [-0.2, -0.15) is 0 Å². The largest absolute Gasteiger partial charge is 0.494 e. The highest BCUT2D eigenvalue weighted by molar-refractivity contribution is 5.89. The Morgan fingerprint density at radius 3 is 2.88 bits per heavy atom. The number of hydrogen-bond donors (Lipinski definition) is 3. The number of aromatic amines is 2. The van der Waals surface area contributed by atoms with Crippen molar-refractivity contribution >= 4 is 28.1 Å². The van der Waals surface area contributed by atoms with Gasteiger partial charge in [0.25, 0.3) is 0 Å². The standard InChI is InChI=1S/C24H32N6O4/c31-23-27-21-15-17-14-18(5-6-20(17)26-22(21)28-23)33-13-3-7-25-24(32)30-10-8-29(9-11-30)16-19-4-1-2-12-34-19/h5-6,14-15,19H,1-4,7-13,16H2,(H,25,32)(H2,26,27,28,31). The molecule has 2 aliphatic heterocycles. The molecule has 1 atom stereocenters. The maximum absolute atomic E-state index is 12.5. The van der Waals surface area contributed by atoms with Gasteiger partial charge < -0.3 is 24.7 Å². The number of nitrogens with zero attached hydrogens (tertiary/aromatic N) is 3. The van der Waals surface area contributed by atoms with Gasteiger partial charge in [-0.05, 0) is 49.9 Å². The van der Waals surface area contributed by atoms with Crippen molar-refractivity contribution in [3.05, 3.63) is 34.7 Å². The molecule has 182 valence electrons. The summed E-state index contributed by atoms with van der Waals surface area (Å²) in [4.78, 5) is 38.1. The van der Waals surface area contributed by atoms with Gasteiger partial charge in [-0.15, -0.1) is 0 Å². The van der Waals surface area contributed by atoms with Gasteiger partial charge in [0.2, 0.25) is 0 Å². The van der Waals surface area contributed by atoms with Crippen LogP contribution in [-0.4, -0.2) is 89.4 Å². The van der Waals surface area contributed by atoms with Crippen LogP contribution in [0.3, 0.4) is 0 Å². The van der Waals surface area contributed by atoms with Crippen LogP contribution >= 0.6 is 0 Å². The quantitative estimate of drug-likeness (QED) is 0.457. The SMILES string of the molecule is O=C(NCCCOc1ccc2nc3[nH]c(=O)[nH]c3cc2c1)N1CCN(CC2CCCCO2)CC1. The lowest BCUT2D eigenvalue weighted by atomic mass is 10.1. The van der Waals surface area contributed by atoms with Gasteiger partial charge in [-0.25, -0.2) is 14.6 Å². The molecule has 2 amide bonds. The van der Waals surface area contributed by atoms with Gasteiger partial charge in [0.05, 0.1) is 23.7 Å². The second-order valence-electron chi connectivity index (χ2n) is 9.03. The third-order valence-corrected chi connectivity index (χ3v) is 6.53. The third-order valence-electron chi connectivity index (χ3n) is 6.53. The minimum atomic E-state index is -0.271. The van der Waals surface area contributed by atoms with E-state index in [1.54, 1.807) is 0 Å². The number of rotatable bonds is 7. The van der Waals surface area contributed by atoms with Gasteiger partial charge in [0, 0.05) is 51.3 Å². The average Bonchev–Trinajstić information content (AvgIpc) is 3.22. The van der Waals surface area contributed by atoms with E-state index in [-0.39, 0.29) is 11.7 Å². The van der Waals surface area contributed by atoms with Crippen molar-refractivity contribution in [2.24, 2.45) is 0 Å². The van der Waals surface area contributed by atoms with Crippen molar-refractivity contribution in [2.75, 3.05) is 52.5 Å². The zero-order valence-electron chi connectivity index (χ0n) is 19.3. The van der Waals surface area contributed by atoms with E-state index in [9.17, 15) is 9.59 Å². The molecule has 0 aliphatic carbocycles. The van der Waals surface area contributed by atoms with E-state index in [4.69, 9.17) is 9.47 Å². The van der Waals surface area contributed by atoms with Crippen molar-refractivity contribution in [1.29, 1.82) is 0 Å². The Morgan fingerprint density at radius 1 is 1.18 bits per heavy atom. The van der Waals surface area contributed by atoms with Crippen LogP contribution in [0.4, 0.5) is 4.79 Å². The molecule has 4 heterocycles. The maximum atomic E-state index is 12.5. The van der Waals surface area contributed by atoms with E-state index < -0.39 is 0 Å². The molecule has 2 fully saturated rings. The lowest BCUT2D eigenvalue weighted by Crippen LogP contribution is -2.53. The lowest BCUT2D eigenvalue weighted by molar-refractivity contribution is -0.0118. The van der Waals surface area contributed by atoms with Gasteiger partial charge in [0.1, 0.15) is 5.75 Å². The number of ether oxygens (including phenoxy) is 2. The molecular weight excluding hydrogens is 436 g/mol. The fraction of sp³-hybridized carbons (Fsp3) is 0.542. The molecule has 10 heteroatoms. The van der Waals surface area contributed by atoms with Crippen molar-refractivity contribution in [2.45, 2.75) is 31.8 Å². The fourth-order valence-electron chi connectivity index (χ4n) is 4.64. The Labute approximate surface area is 197 Å². The first-order valence-electron chi connectivity index (χ1n) is 12.2. The highest BCUT2D eigenvalue weighted by Gasteiger charge is 2.24. The molecule has 34 heavy (non-hydrogen) atoms. The number of benzene rings is 1. The summed E-state index contributed by atoms with van der Waals surface area (Å²) in [5.41, 5.74) is 1.73. The molecule has 1 unspecified atom stereocenters. The van der Waals surface area contributed by atoms with Crippen LogP contribution in [0.15, 0.2) is 29.1 Å². The number of amides is 2. The molecule has 0 spiro atoms. The fourth-order valence-corrected chi connectivity index (χ4v) is 4.64. The number of imidazole rings is 1. The summed E-state index contributed by atoms with van der Waals surface area (Å²) in [7, 11) is 0. The highest BCUT2D eigenvalue weighted by atomic mass is 16.5. The van der Waals surface area contributed by atoms with Crippen LogP contribution in [0.25, 0.3) is 22.1 Å². The summed E-state index contributed by atoms with van der Waals surface area (Å²) in [6.45, 7) is 6.22. The predicted molar refractivity (Wildman–Crippen MR) is 129 cm³/mol. The van der Waals surface area contributed by atoms with Crippen LogP contribution < -0.4 is 15.7 Å². The summed E-state index contributed by atoms with van der Waals surface area (Å²) in [5.74, 6) is 0.732. The van der Waals surface area contributed by atoms with Crippen molar-refractivity contribution in [3.8, 4) is 5.75 Å². The Hall–Kier alpha value is -3.11. The van der Waals surface area contributed by atoms with E-state index in [0.29, 0.717) is 36.8 Å². The Bertz CT molecular complexity index is 1180. The zero-order valence-corrected chi connectivity index (χ0v) is 19.3. The summed E-state index contributed by atoms with van der Waals surface area (Å²) in [5, 5.41) is 3.89. The summed E-state index contributed by atoms with van der Waals surface area (Å²) in [6.07, 6.45) is 4.65. The number of H-pyrrole nitrogens is 2. The summed E-state index contributed by atoms with van der Waals surface area (Å²) in [6, 6.07) is 7.52. The van der Waals surface area contributed by atoms with Gasteiger partial charge in [-0.3, -0.25) is 9.88 Å². The van der Waals surface area contributed by atoms with Gasteiger partial charge in [-0.1, -0.05) is 0 Å². The van der Waals surface area contributed by atoms with Gasteiger partial charge >= 0.3 is 11.7 Å². The molecule has 5 rings (SSSR count). The molecule has 0 saturated carbocycles. The minimum Gasteiger partial charge on any atom is -0.494 e. The molecule has 10 nitrogen and oxygen atoms in total. The van der Waals surface area contributed by atoms with E-state index in [1.165, 1.54) is 12.8 Å². The van der Waals surface area contributed by atoms with Crippen LogP contribution in [0.5, 0.6) is 5.75 Å². The normalized spacial score (nSPS) is 19.5. The van der Waals surface area contributed by atoms with Crippen molar-refractivity contribution in [3.63, 3.8) is 0 Å². The molecule has 2 aromatic heterocycles. The molecule has 2 aliphatic rings. The molecule has 2 saturated heterocycles. The van der Waals surface area contributed by atoms with Crippen LogP contribution in [0, 0.1) is 0 Å². The Kier molecular flexibility index (Phi) is 6.96. The Morgan fingerprint density at radius 2 is 2.06 bits per heavy atom. The van der Waals surface area contributed by atoms with Crippen LogP contribution in [-0.2, 0) is 4.74 Å². The smallest absolute Gasteiger partial charge is 0.325 e. The van der Waals surface area contributed by atoms with Crippen molar-refractivity contribution < 1.29 is 14.3 Å².